The zero-order chi connectivity index (χ0) is 17.4. The Hall–Kier alpha value is -2.67. The van der Waals surface area contributed by atoms with Crippen molar-refractivity contribution in [2.45, 2.75) is 25.9 Å². The smallest absolute Gasteiger partial charge is 0.338 e. The quantitative estimate of drug-likeness (QED) is 0.727. The third-order valence-corrected chi connectivity index (χ3v) is 5.48. The summed E-state index contributed by atoms with van der Waals surface area (Å²) in [6.45, 7) is -0.0708. The van der Waals surface area contributed by atoms with Crippen molar-refractivity contribution in [2.75, 3.05) is 7.11 Å². The summed E-state index contributed by atoms with van der Waals surface area (Å²) in [6.07, 6.45) is 3.04. The molecule has 2 aromatic heterocycles. The maximum atomic E-state index is 12.4. The van der Waals surface area contributed by atoms with Gasteiger partial charge >= 0.3 is 5.97 Å². The van der Waals surface area contributed by atoms with Crippen molar-refractivity contribution in [2.24, 2.45) is 0 Å². The number of carbonyl (C=O) groups is 1. The van der Waals surface area contributed by atoms with Crippen molar-refractivity contribution >= 4 is 27.5 Å². The maximum Gasteiger partial charge on any atom is 0.338 e. The summed E-state index contributed by atoms with van der Waals surface area (Å²) in [7, 11) is 1.56. The highest BCUT2D eigenvalue weighted by atomic mass is 32.1. The number of aromatic amines is 1. The fraction of sp³-hybridized carbons (Fsp3) is 0.278. The third kappa shape index (κ3) is 2.91. The van der Waals surface area contributed by atoms with Crippen molar-refractivity contribution in [3.05, 3.63) is 56.4 Å². The number of hydrogen-bond acceptors (Lipinski definition) is 6. The number of thiophene rings is 1. The molecule has 3 aromatic rings. The monoisotopic (exact) mass is 356 g/mol. The molecule has 6 nitrogen and oxygen atoms in total. The van der Waals surface area contributed by atoms with E-state index in [0.717, 1.165) is 29.7 Å². The summed E-state index contributed by atoms with van der Waals surface area (Å²) in [5.74, 6) is 0.553. The number of aromatic nitrogens is 2. The number of esters is 1. The molecule has 0 unspecified atom stereocenters. The van der Waals surface area contributed by atoms with Crippen LogP contribution in [0.15, 0.2) is 29.1 Å². The number of ether oxygens (including phenoxy) is 2. The molecule has 2 heterocycles. The van der Waals surface area contributed by atoms with Crippen molar-refractivity contribution in [1.82, 2.24) is 9.97 Å². The molecule has 128 valence electrons. The molecular weight excluding hydrogens is 340 g/mol. The van der Waals surface area contributed by atoms with E-state index in [4.69, 9.17) is 9.47 Å². The van der Waals surface area contributed by atoms with E-state index in [1.54, 1.807) is 42.7 Å². The maximum absolute atomic E-state index is 12.4. The van der Waals surface area contributed by atoms with Gasteiger partial charge in [-0.25, -0.2) is 9.78 Å². The Morgan fingerprint density at radius 2 is 2.08 bits per heavy atom. The van der Waals surface area contributed by atoms with Gasteiger partial charge in [-0.15, -0.1) is 11.3 Å². The van der Waals surface area contributed by atoms with Gasteiger partial charge in [-0.1, -0.05) is 0 Å². The molecule has 0 spiro atoms. The first-order valence-corrected chi connectivity index (χ1v) is 8.82. The first kappa shape index (κ1) is 15.8. The molecule has 0 radical (unpaired) electrons. The minimum absolute atomic E-state index is 0.0708. The molecule has 0 amide bonds. The molecule has 1 aromatic carbocycles. The molecule has 1 N–H and O–H groups in total. The molecule has 0 saturated carbocycles. The Morgan fingerprint density at radius 3 is 2.84 bits per heavy atom. The number of hydrogen-bond donors (Lipinski definition) is 1. The lowest BCUT2D eigenvalue weighted by molar-refractivity contribution is 0.0462. The molecule has 0 aliphatic heterocycles. The second kappa shape index (κ2) is 6.33. The fourth-order valence-corrected chi connectivity index (χ4v) is 4.34. The number of rotatable bonds is 4. The Bertz CT molecular complexity index is 1000. The molecule has 4 rings (SSSR count). The van der Waals surface area contributed by atoms with Gasteiger partial charge in [-0.05, 0) is 49.1 Å². The lowest BCUT2D eigenvalue weighted by Crippen LogP contribution is -2.14. The molecule has 0 atom stereocenters. The lowest BCUT2D eigenvalue weighted by Gasteiger charge is -2.05. The Kier molecular flexibility index (Phi) is 4.01. The van der Waals surface area contributed by atoms with E-state index in [1.807, 2.05) is 0 Å². The average Bonchev–Trinajstić information content (AvgIpc) is 3.20. The van der Waals surface area contributed by atoms with Crippen LogP contribution in [0.2, 0.25) is 0 Å². The minimum Gasteiger partial charge on any atom is -0.497 e. The van der Waals surface area contributed by atoms with Crippen LogP contribution in [-0.4, -0.2) is 23.0 Å². The number of nitrogens with zero attached hydrogens (tertiary/aromatic N) is 1. The summed E-state index contributed by atoms with van der Waals surface area (Å²) in [5.41, 5.74) is 1.40. The number of benzene rings is 1. The minimum atomic E-state index is -0.473. The summed E-state index contributed by atoms with van der Waals surface area (Å²) in [4.78, 5) is 33.6. The Morgan fingerprint density at radius 1 is 1.28 bits per heavy atom. The lowest BCUT2D eigenvalue weighted by atomic mass is 10.2. The largest absolute Gasteiger partial charge is 0.497 e. The number of carbonyl (C=O) groups excluding carboxylic acids is 1. The highest BCUT2D eigenvalue weighted by molar-refractivity contribution is 7.18. The number of H-pyrrole nitrogens is 1. The summed E-state index contributed by atoms with van der Waals surface area (Å²) in [5, 5.41) is 0.697. The van der Waals surface area contributed by atoms with Gasteiger partial charge in [0.05, 0.1) is 18.1 Å². The predicted molar refractivity (Wildman–Crippen MR) is 94.4 cm³/mol. The zero-order valence-electron chi connectivity index (χ0n) is 13.6. The number of fused-ring (bicyclic) bond motifs is 3. The van der Waals surface area contributed by atoms with Gasteiger partial charge in [0.25, 0.3) is 5.56 Å². The Balaban J connectivity index is 1.52. The second-order valence-corrected chi connectivity index (χ2v) is 6.94. The van der Waals surface area contributed by atoms with Crippen LogP contribution in [0.4, 0.5) is 0 Å². The van der Waals surface area contributed by atoms with Crippen LogP contribution < -0.4 is 10.3 Å². The molecule has 7 heteroatoms. The molecule has 0 saturated heterocycles. The van der Waals surface area contributed by atoms with Gasteiger partial charge in [0.1, 0.15) is 23.0 Å². The highest BCUT2D eigenvalue weighted by Crippen LogP contribution is 2.34. The van der Waals surface area contributed by atoms with E-state index in [-0.39, 0.29) is 12.2 Å². The van der Waals surface area contributed by atoms with Crippen molar-refractivity contribution in [1.29, 1.82) is 0 Å². The summed E-state index contributed by atoms with van der Waals surface area (Å²) >= 11 is 1.56. The van der Waals surface area contributed by atoms with Gasteiger partial charge in [-0.2, -0.15) is 0 Å². The van der Waals surface area contributed by atoms with Crippen LogP contribution in [0, 0.1) is 0 Å². The first-order valence-electron chi connectivity index (χ1n) is 8.00. The molecule has 0 bridgehead atoms. The van der Waals surface area contributed by atoms with Gasteiger partial charge in [0, 0.05) is 4.88 Å². The van der Waals surface area contributed by atoms with Crippen LogP contribution in [0.25, 0.3) is 10.2 Å². The SMILES string of the molecule is COc1ccc(C(=O)OCc2nc3sc4c(c3c(=O)[nH]2)CCC4)cc1. The van der Waals surface area contributed by atoms with E-state index in [2.05, 4.69) is 9.97 Å². The Labute approximate surface area is 147 Å². The highest BCUT2D eigenvalue weighted by Gasteiger charge is 2.21. The normalized spacial score (nSPS) is 13.0. The second-order valence-electron chi connectivity index (χ2n) is 5.85. The van der Waals surface area contributed by atoms with Crippen LogP contribution in [0.3, 0.4) is 0 Å². The van der Waals surface area contributed by atoms with Gasteiger partial charge in [0.15, 0.2) is 0 Å². The van der Waals surface area contributed by atoms with E-state index < -0.39 is 5.97 Å². The van der Waals surface area contributed by atoms with Gasteiger partial charge in [-0.3, -0.25) is 4.79 Å². The molecule has 25 heavy (non-hydrogen) atoms. The number of aryl methyl sites for hydroxylation is 2. The predicted octanol–water partition coefficient (Wildman–Crippen LogP) is 2.84. The summed E-state index contributed by atoms with van der Waals surface area (Å²) < 4.78 is 10.3. The van der Waals surface area contributed by atoms with Crippen molar-refractivity contribution < 1.29 is 14.3 Å². The molecular formula is C18H16N2O4S. The van der Waals surface area contributed by atoms with Gasteiger partial charge < -0.3 is 14.5 Å². The summed E-state index contributed by atoms with van der Waals surface area (Å²) in [6, 6.07) is 6.64. The fourth-order valence-electron chi connectivity index (χ4n) is 3.06. The standard InChI is InChI=1S/C18H16N2O4S/c1-23-11-7-5-10(6-8-11)18(22)24-9-14-19-16(21)15-12-3-2-4-13(12)25-17(15)20-14/h5-8H,2-4,9H2,1H3,(H,19,20,21). The third-order valence-electron chi connectivity index (χ3n) is 4.29. The molecule has 1 aliphatic rings. The van der Waals surface area contributed by atoms with Crippen LogP contribution in [0.5, 0.6) is 5.75 Å². The average molecular weight is 356 g/mol. The van der Waals surface area contributed by atoms with E-state index in [0.29, 0.717) is 22.5 Å². The number of methoxy groups -OCH3 is 1. The molecule has 0 fully saturated rings. The van der Waals surface area contributed by atoms with Crippen molar-refractivity contribution in [3.63, 3.8) is 0 Å². The first-order chi connectivity index (χ1) is 12.2. The van der Waals surface area contributed by atoms with Crippen LogP contribution in [0.1, 0.15) is 33.0 Å². The zero-order valence-corrected chi connectivity index (χ0v) is 14.4. The van der Waals surface area contributed by atoms with Gasteiger partial charge in [0.2, 0.25) is 0 Å². The van der Waals surface area contributed by atoms with Crippen LogP contribution >= 0.6 is 11.3 Å². The number of nitrogens with one attached hydrogen (secondary N) is 1. The van der Waals surface area contributed by atoms with Crippen LogP contribution in [-0.2, 0) is 24.2 Å². The van der Waals surface area contributed by atoms with Crippen molar-refractivity contribution in [3.8, 4) is 5.75 Å². The van der Waals surface area contributed by atoms with E-state index in [1.165, 1.54) is 4.88 Å². The van der Waals surface area contributed by atoms with E-state index in [9.17, 15) is 9.59 Å². The molecule has 1 aliphatic carbocycles. The van der Waals surface area contributed by atoms with E-state index >= 15 is 0 Å². The topological polar surface area (TPSA) is 81.3 Å².